The second kappa shape index (κ2) is 6.68. The fourth-order valence-corrected chi connectivity index (χ4v) is 1.09. The Morgan fingerprint density at radius 3 is 2.00 bits per heavy atom. The lowest BCUT2D eigenvalue weighted by Crippen LogP contribution is -2.25. The Bertz CT molecular complexity index is 166. The summed E-state index contributed by atoms with van der Waals surface area (Å²) in [6, 6.07) is 0. The van der Waals surface area contributed by atoms with Crippen LogP contribution in [-0.2, 0) is 9.47 Å². The number of carbonyl (C=O) groups excluding carboxylic acids is 1. The Balaban J connectivity index is 3.91. The van der Waals surface area contributed by atoms with E-state index >= 15 is 0 Å². The van der Waals surface area contributed by atoms with Gasteiger partial charge in [-0.1, -0.05) is 27.7 Å². The van der Waals surface area contributed by atoms with Gasteiger partial charge in [0.15, 0.2) is 0 Å². The lowest BCUT2D eigenvalue weighted by Gasteiger charge is -2.20. The summed E-state index contributed by atoms with van der Waals surface area (Å²) in [5, 5.41) is 0. The SMILES string of the molecule is CCC(C)OC(=O)OC(CC)C(C)C. The molecule has 2 atom stereocenters. The first-order chi connectivity index (χ1) is 6.51. The smallest absolute Gasteiger partial charge is 0.431 e. The van der Waals surface area contributed by atoms with Gasteiger partial charge in [0.25, 0.3) is 0 Å². The molecule has 0 rings (SSSR count). The summed E-state index contributed by atoms with van der Waals surface area (Å²) in [5.74, 6) is 0.337. The molecule has 0 aromatic rings. The zero-order chi connectivity index (χ0) is 11.1. The van der Waals surface area contributed by atoms with Gasteiger partial charge in [-0.25, -0.2) is 4.79 Å². The van der Waals surface area contributed by atoms with E-state index in [9.17, 15) is 4.79 Å². The van der Waals surface area contributed by atoms with Crippen molar-refractivity contribution < 1.29 is 14.3 Å². The summed E-state index contributed by atoms with van der Waals surface area (Å²) in [7, 11) is 0. The van der Waals surface area contributed by atoms with E-state index in [0.29, 0.717) is 5.92 Å². The van der Waals surface area contributed by atoms with Crippen molar-refractivity contribution in [3.63, 3.8) is 0 Å². The Morgan fingerprint density at radius 1 is 1.07 bits per heavy atom. The van der Waals surface area contributed by atoms with Crippen molar-refractivity contribution in [3.8, 4) is 0 Å². The van der Waals surface area contributed by atoms with Gasteiger partial charge in [0.1, 0.15) is 12.2 Å². The molecule has 0 aliphatic carbocycles. The lowest BCUT2D eigenvalue weighted by molar-refractivity contribution is -0.0117. The average Bonchev–Trinajstić information content (AvgIpc) is 2.13. The minimum absolute atomic E-state index is 0.0356. The van der Waals surface area contributed by atoms with Crippen LogP contribution >= 0.6 is 0 Å². The first-order valence-corrected chi connectivity index (χ1v) is 5.38. The normalized spacial score (nSPS) is 15.0. The van der Waals surface area contributed by atoms with Crippen LogP contribution in [0.5, 0.6) is 0 Å². The third-order valence-electron chi connectivity index (χ3n) is 2.27. The van der Waals surface area contributed by atoms with Crippen LogP contribution in [0.1, 0.15) is 47.5 Å². The molecule has 0 aliphatic heterocycles. The van der Waals surface area contributed by atoms with Crippen LogP contribution in [0.2, 0.25) is 0 Å². The molecule has 0 spiro atoms. The van der Waals surface area contributed by atoms with Crippen molar-refractivity contribution in [2.24, 2.45) is 5.92 Å². The third-order valence-corrected chi connectivity index (χ3v) is 2.27. The molecule has 0 bridgehead atoms. The van der Waals surface area contributed by atoms with Crippen molar-refractivity contribution in [2.45, 2.75) is 59.7 Å². The van der Waals surface area contributed by atoms with E-state index in [-0.39, 0.29) is 12.2 Å². The van der Waals surface area contributed by atoms with Gasteiger partial charge in [-0.2, -0.15) is 0 Å². The average molecular weight is 202 g/mol. The Hall–Kier alpha value is -0.730. The first-order valence-electron chi connectivity index (χ1n) is 5.38. The maximum atomic E-state index is 11.2. The van der Waals surface area contributed by atoms with Crippen molar-refractivity contribution in [1.29, 1.82) is 0 Å². The standard InChI is InChI=1S/C11H22O3/c1-6-9(5)13-11(12)14-10(7-2)8(3)4/h8-10H,6-7H2,1-5H3. The number of rotatable bonds is 5. The number of hydrogen-bond acceptors (Lipinski definition) is 3. The van der Waals surface area contributed by atoms with Crippen LogP contribution in [0.25, 0.3) is 0 Å². The molecule has 84 valence electrons. The van der Waals surface area contributed by atoms with E-state index in [1.54, 1.807) is 0 Å². The fourth-order valence-electron chi connectivity index (χ4n) is 1.09. The maximum absolute atomic E-state index is 11.2. The van der Waals surface area contributed by atoms with Gasteiger partial charge in [-0.3, -0.25) is 0 Å². The van der Waals surface area contributed by atoms with Crippen molar-refractivity contribution >= 4 is 6.16 Å². The minimum Gasteiger partial charge on any atom is -0.431 e. The maximum Gasteiger partial charge on any atom is 0.508 e. The molecule has 0 N–H and O–H groups in total. The molecule has 0 aliphatic rings. The molecular weight excluding hydrogens is 180 g/mol. The molecule has 2 unspecified atom stereocenters. The number of ether oxygens (including phenoxy) is 2. The Morgan fingerprint density at radius 2 is 1.64 bits per heavy atom. The summed E-state index contributed by atoms with van der Waals surface area (Å²) in [6.07, 6.45) is 1.000. The predicted molar refractivity (Wildman–Crippen MR) is 56.2 cm³/mol. The summed E-state index contributed by atoms with van der Waals surface area (Å²) in [4.78, 5) is 11.2. The largest absolute Gasteiger partial charge is 0.508 e. The summed E-state index contributed by atoms with van der Waals surface area (Å²) < 4.78 is 10.2. The molecule has 0 aromatic carbocycles. The van der Waals surface area contributed by atoms with Gasteiger partial charge in [-0.15, -0.1) is 0 Å². The summed E-state index contributed by atoms with van der Waals surface area (Å²) in [6.45, 7) is 9.89. The molecule has 0 aromatic heterocycles. The number of carbonyl (C=O) groups is 1. The van der Waals surface area contributed by atoms with E-state index in [0.717, 1.165) is 12.8 Å². The van der Waals surface area contributed by atoms with Crippen LogP contribution in [0.3, 0.4) is 0 Å². The van der Waals surface area contributed by atoms with E-state index < -0.39 is 6.16 Å². The molecule has 14 heavy (non-hydrogen) atoms. The zero-order valence-electron chi connectivity index (χ0n) is 9.87. The predicted octanol–water partition coefficient (Wildman–Crippen LogP) is 3.37. The molecule has 0 fully saturated rings. The minimum atomic E-state index is -0.542. The highest BCUT2D eigenvalue weighted by atomic mass is 16.7. The highest BCUT2D eigenvalue weighted by Crippen LogP contribution is 2.12. The van der Waals surface area contributed by atoms with E-state index in [2.05, 4.69) is 0 Å². The molecular formula is C11H22O3. The second-order valence-electron chi connectivity index (χ2n) is 3.90. The molecule has 0 heterocycles. The highest BCUT2D eigenvalue weighted by molar-refractivity contribution is 5.60. The lowest BCUT2D eigenvalue weighted by atomic mass is 10.1. The van der Waals surface area contributed by atoms with E-state index in [4.69, 9.17) is 9.47 Å². The van der Waals surface area contributed by atoms with Gasteiger partial charge < -0.3 is 9.47 Å². The van der Waals surface area contributed by atoms with Gasteiger partial charge in [0, 0.05) is 0 Å². The summed E-state index contributed by atoms with van der Waals surface area (Å²) >= 11 is 0. The van der Waals surface area contributed by atoms with Crippen molar-refractivity contribution in [3.05, 3.63) is 0 Å². The van der Waals surface area contributed by atoms with Crippen LogP contribution in [-0.4, -0.2) is 18.4 Å². The van der Waals surface area contributed by atoms with Crippen LogP contribution in [0, 0.1) is 5.92 Å². The van der Waals surface area contributed by atoms with Crippen LogP contribution in [0.4, 0.5) is 4.79 Å². The first kappa shape index (κ1) is 13.3. The summed E-state index contributed by atoms with van der Waals surface area (Å²) in [5.41, 5.74) is 0. The van der Waals surface area contributed by atoms with Gasteiger partial charge in [0.2, 0.25) is 0 Å². The van der Waals surface area contributed by atoms with Crippen molar-refractivity contribution in [1.82, 2.24) is 0 Å². The monoisotopic (exact) mass is 202 g/mol. The molecule has 3 nitrogen and oxygen atoms in total. The van der Waals surface area contributed by atoms with Gasteiger partial charge in [0.05, 0.1) is 0 Å². The number of hydrogen-bond donors (Lipinski definition) is 0. The molecule has 0 amide bonds. The quantitative estimate of drug-likeness (QED) is 0.641. The van der Waals surface area contributed by atoms with Gasteiger partial charge >= 0.3 is 6.16 Å². The fraction of sp³-hybridized carbons (Fsp3) is 0.909. The molecule has 0 saturated heterocycles. The van der Waals surface area contributed by atoms with Crippen LogP contribution in [0.15, 0.2) is 0 Å². The van der Waals surface area contributed by atoms with Crippen molar-refractivity contribution in [2.75, 3.05) is 0 Å². The molecule has 3 heteroatoms. The zero-order valence-corrected chi connectivity index (χ0v) is 9.87. The highest BCUT2D eigenvalue weighted by Gasteiger charge is 2.18. The van der Waals surface area contributed by atoms with Gasteiger partial charge in [-0.05, 0) is 25.7 Å². The molecule has 0 saturated carbocycles. The molecule has 0 radical (unpaired) electrons. The Kier molecular flexibility index (Phi) is 6.34. The Labute approximate surface area is 86.8 Å². The van der Waals surface area contributed by atoms with E-state index in [1.807, 2.05) is 34.6 Å². The third kappa shape index (κ3) is 5.10. The second-order valence-corrected chi connectivity index (χ2v) is 3.90. The van der Waals surface area contributed by atoms with Crippen LogP contribution < -0.4 is 0 Å². The topological polar surface area (TPSA) is 35.5 Å². The van der Waals surface area contributed by atoms with E-state index in [1.165, 1.54) is 0 Å².